The lowest BCUT2D eigenvalue weighted by Gasteiger charge is -2.08. The van der Waals surface area contributed by atoms with Crippen molar-refractivity contribution >= 4 is 21.9 Å². The van der Waals surface area contributed by atoms with E-state index in [1.165, 1.54) is 6.07 Å². The van der Waals surface area contributed by atoms with E-state index in [0.29, 0.717) is 16.9 Å². The molecule has 2 aromatic carbocycles. The minimum absolute atomic E-state index is 0.0802. The van der Waals surface area contributed by atoms with Gasteiger partial charge in [-0.2, -0.15) is 0 Å². The van der Waals surface area contributed by atoms with Crippen LogP contribution in [0.4, 0.5) is 0 Å². The van der Waals surface area contributed by atoms with E-state index in [2.05, 4.69) is 15.9 Å². The third-order valence-corrected chi connectivity index (χ3v) is 3.65. The van der Waals surface area contributed by atoms with Crippen LogP contribution in [-0.2, 0) is 11.3 Å². The first kappa shape index (κ1) is 15.4. The topological polar surface area (TPSA) is 55.8 Å². The van der Waals surface area contributed by atoms with Gasteiger partial charge in [0.05, 0.1) is 17.1 Å². The summed E-state index contributed by atoms with van der Waals surface area (Å²) in [5, 5.41) is 9.60. The van der Waals surface area contributed by atoms with Crippen LogP contribution in [0.5, 0.6) is 11.5 Å². The normalized spacial score (nSPS) is 10.2. The van der Waals surface area contributed by atoms with Gasteiger partial charge < -0.3 is 14.6 Å². The van der Waals surface area contributed by atoms with Crippen LogP contribution in [0.3, 0.4) is 0 Å². The van der Waals surface area contributed by atoms with E-state index in [1.54, 1.807) is 32.2 Å². The van der Waals surface area contributed by atoms with Gasteiger partial charge in [-0.25, -0.2) is 4.79 Å². The average molecular weight is 351 g/mol. The third kappa shape index (κ3) is 3.76. The molecule has 4 nitrogen and oxygen atoms in total. The van der Waals surface area contributed by atoms with Gasteiger partial charge in [0.2, 0.25) is 0 Å². The summed E-state index contributed by atoms with van der Waals surface area (Å²) in [6, 6.07) is 10.2. The van der Waals surface area contributed by atoms with Crippen LogP contribution in [0.1, 0.15) is 21.5 Å². The molecule has 0 heterocycles. The minimum Gasteiger partial charge on any atom is -0.508 e. The Morgan fingerprint density at radius 3 is 2.62 bits per heavy atom. The van der Waals surface area contributed by atoms with Gasteiger partial charge in [-0.3, -0.25) is 0 Å². The zero-order valence-corrected chi connectivity index (χ0v) is 13.3. The van der Waals surface area contributed by atoms with E-state index >= 15 is 0 Å². The largest absolute Gasteiger partial charge is 0.508 e. The second kappa shape index (κ2) is 6.63. The summed E-state index contributed by atoms with van der Waals surface area (Å²) in [5.41, 5.74) is 1.88. The molecule has 2 aromatic rings. The van der Waals surface area contributed by atoms with Crippen LogP contribution < -0.4 is 4.74 Å². The number of hydrogen-bond acceptors (Lipinski definition) is 4. The fourth-order valence-electron chi connectivity index (χ4n) is 1.77. The van der Waals surface area contributed by atoms with E-state index in [1.807, 2.05) is 12.1 Å². The molecule has 0 aliphatic heterocycles. The monoisotopic (exact) mass is 350 g/mol. The van der Waals surface area contributed by atoms with Crippen LogP contribution in [0.2, 0.25) is 0 Å². The summed E-state index contributed by atoms with van der Waals surface area (Å²) < 4.78 is 11.2. The van der Waals surface area contributed by atoms with Gasteiger partial charge in [-0.1, -0.05) is 12.1 Å². The van der Waals surface area contributed by atoms with Crippen LogP contribution in [0, 0.1) is 6.92 Å². The molecule has 0 amide bonds. The van der Waals surface area contributed by atoms with Crippen LogP contribution in [0.25, 0.3) is 0 Å². The number of esters is 1. The average Bonchev–Trinajstić information content (AvgIpc) is 2.47. The maximum Gasteiger partial charge on any atom is 0.338 e. The van der Waals surface area contributed by atoms with Gasteiger partial charge in [0.15, 0.2) is 0 Å². The molecule has 0 saturated carbocycles. The first-order valence-electron chi connectivity index (χ1n) is 6.30. The summed E-state index contributed by atoms with van der Waals surface area (Å²) >= 11 is 3.38. The van der Waals surface area contributed by atoms with Crippen molar-refractivity contribution in [3.8, 4) is 11.5 Å². The molecule has 0 radical (unpaired) electrons. The molecule has 21 heavy (non-hydrogen) atoms. The summed E-state index contributed by atoms with van der Waals surface area (Å²) in [6.45, 7) is 1.91. The van der Waals surface area contributed by atoms with Crippen LogP contribution in [0.15, 0.2) is 40.9 Å². The van der Waals surface area contributed by atoms with Gasteiger partial charge in [-0.15, -0.1) is 0 Å². The fourth-order valence-corrected chi connectivity index (χ4v) is 2.36. The van der Waals surface area contributed by atoms with Crippen molar-refractivity contribution in [2.75, 3.05) is 7.11 Å². The number of aryl methyl sites for hydroxylation is 1. The van der Waals surface area contributed by atoms with Crippen molar-refractivity contribution in [1.82, 2.24) is 0 Å². The zero-order valence-electron chi connectivity index (χ0n) is 11.7. The number of rotatable bonds is 4. The highest BCUT2D eigenvalue weighted by Crippen LogP contribution is 2.26. The Bertz CT molecular complexity index is 667. The molecule has 5 heteroatoms. The number of halogens is 1. The summed E-state index contributed by atoms with van der Waals surface area (Å²) in [6.07, 6.45) is 0. The molecular formula is C16H15BrO4. The van der Waals surface area contributed by atoms with Crippen molar-refractivity contribution in [1.29, 1.82) is 0 Å². The molecule has 0 saturated heterocycles. The highest BCUT2D eigenvalue weighted by molar-refractivity contribution is 9.10. The molecule has 110 valence electrons. The zero-order chi connectivity index (χ0) is 15.4. The molecule has 2 rings (SSSR count). The Balaban J connectivity index is 2.03. The van der Waals surface area contributed by atoms with Crippen LogP contribution in [-0.4, -0.2) is 18.2 Å². The lowest BCUT2D eigenvalue weighted by atomic mass is 10.1. The second-order valence-corrected chi connectivity index (χ2v) is 5.40. The quantitative estimate of drug-likeness (QED) is 0.851. The predicted molar refractivity (Wildman–Crippen MR) is 82.7 cm³/mol. The van der Waals surface area contributed by atoms with Gasteiger partial charge in [0, 0.05) is 0 Å². The van der Waals surface area contributed by atoms with Crippen molar-refractivity contribution in [3.63, 3.8) is 0 Å². The highest BCUT2D eigenvalue weighted by atomic mass is 79.9. The smallest absolute Gasteiger partial charge is 0.338 e. The molecular weight excluding hydrogens is 336 g/mol. The van der Waals surface area contributed by atoms with Crippen LogP contribution >= 0.6 is 15.9 Å². The van der Waals surface area contributed by atoms with Gasteiger partial charge in [-0.05, 0) is 58.2 Å². The number of methoxy groups -OCH3 is 1. The standard InChI is InChI=1S/C16H15BrO4/c1-10-3-5-12(8-14(10)18)16(19)21-9-11-4-6-15(20-2)13(17)7-11/h3-8,18H,9H2,1-2H3. The number of carbonyl (C=O) groups excluding carboxylic acids is 1. The first-order chi connectivity index (χ1) is 10.0. The highest BCUT2D eigenvalue weighted by Gasteiger charge is 2.10. The Hall–Kier alpha value is -2.01. The van der Waals surface area contributed by atoms with Crippen molar-refractivity contribution in [3.05, 3.63) is 57.6 Å². The molecule has 0 aliphatic carbocycles. The molecule has 0 aromatic heterocycles. The fraction of sp³-hybridized carbons (Fsp3) is 0.188. The third-order valence-electron chi connectivity index (χ3n) is 3.03. The van der Waals surface area contributed by atoms with E-state index in [0.717, 1.165) is 10.0 Å². The summed E-state index contributed by atoms with van der Waals surface area (Å²) in [4.78, 5) is 11.9. The SMILES string of the molecule is COc1ccc(COC(=O)c2ccc(C)c(O)c2)cc1Br. The molecule has 0 spiro atoms. The number of benzene rings is 2. The lowest BCUT2D eigenvalue weighted by Crippen LogP contribution is -2.05. The van der Waals surface area contributed by atoms with Gasteiger partial charge in [0.1, 0.15) is 18.1 Å². The summed E-state index contributed by atoms with van der Waals surface area (Å²) in [5.74, 6) is 0.322. The van der Waals surface area contributed by atoms with Gasteiger partial charge >= 0.3 is 5.97 Å². The summed E-state index contributed by atoms with van der Waals surface area (Å²) in [7, 11) is 1.59. The number of ether oxygens (including phenoxy) is 2. The second-order valence-electron chi connectivity index (χ2n) is 4.55. The Morgan fingerprint density at radius 2 is 2.00 bits per heavy atom. The first-order valence-corrected chi connectivity index (χ1v) is 7.09. The number of aromatic hydroxyl groups is 1. The van der Waals surface area contributed by atoms with Crippen molar-refractivity contribution < 1.29 is 19.4 Å². The molecule has 1 N–H and O–H groups in total. The Labute approximate surface area is 131 Å². The van der Waals surface area contributed by atoms with E-state index in [9.17, 15) is 9.90 Å². The number of phenolic OH excluding ortho intramolecular Hbond substituents is 1. The molecule has 0 fully saturated rings. The van der Waals surface area contributed by atoms with Gasteiger partial charge in [0.25, 0.3) is 0 Å². The van der Waals surface area contributed by atoms with Crippen molar-refractivity contribution in [2.24, 2.45) is 0 Å². The van der Waals surface area contributed by atoms with E-state index < -0.39 is 5.97 Å². The van der Waals surface area contributed by atoms with E-state index in [-0.39, 0.29) is 12.4 Å². The molecule has 0 atom stereocenters. The minimum atomic E-state index is -0.475. The van der Waals surface area contributed by atoms with E-state index in [4.69, 9.17) is 9.47 Å². The predicted octanol–water partition coefficient (Wildman–Crippen LogP) is 3.83. The maximum atomic E-state index is 11.9. The Kier molecular flexibility index (Phi) is 4.85. The Morgan fingerprint density at radius 1 is 1.24 bits per heavy atom. The number of carbonyl (C=O) groups is 1. The number of phenols is 1. The maximum absolute atomic E-state index is 11.9. The molecule has 0 unspecified atom stereocenters. The lowest BCUT2D eigenvalue weighted by molar-refractivity contribution is 0.0472. The molecule has 0 bridgehead atoms. The number of hydrogen-bond donors (Lipinski definition) is 1. The van der Waals surface area contributed by atoms with Crippen molar-refractivity contribution in [2.45, 2.75) is 13.5 Å². The molecule has 0 aliphatic rings.